The fraction of sp³-hybridized carbons (Fsp3) is 0.593. The van der Waals surface area contributed by atoms with Gasteiger partial charge in [0.25, 0.3) is 0 Å². The third kappa shape index (κ3) is 2.91. The molecule has 0 unspecified atom stereocenters. The lowest BCUT2D eigenvalue weighted by Crippen LogP contribution is -2.55. The van der Waals surface area contributed by atoms with Crippen LogP contribution in [0.3, 0.4) is 0 Å². The first kappa shape index (κ1) is 19.8. The molecule has 164 valence electrons. The second-order valence-electron chi connectivity index (χ2n) is 10.2. The van der Waals surface area contributed by atoms with Gasteiger partial charge in [0.2, 0.25) is 0 Å². The highest BCUT2D eigenvalue weighted by Crippen LogP contribution is 2.57. The summed E-state index contributed by atoms with van der Waals surface area (Å²) >= 11 is 0. The van der Waals surface area contributed by atoms with Crippen LogP contribution in [0.25, 0.3) is 11.3 Å². The Balaban J connectivity index is 1.49. The first-order valence-electron chi connectivity index (χ1n) is 12.3. The van der Waals surface area contributed by atoms with Gasteiger partial charge in [-0.1, -0.05) is 38.1 Å². The Morgan fingerprint density at radius 2 is 1.84 bits per heavy atom. The van der Waals surface area contributed by atoms with Gasteiger partial charge in [0.05, 0.1) is 18.9 Å². The van der Waals surface area contributed by atoms with Crippen molar-refractivity contribution in [1.82, 2.24) is 9.55 Å². The van der Waals surface area contributed by atoms with Crippen LogP contribution in [0.15, 0.2) is 36.4 Å². The van der Waals surface area contributed by atoms with E-state index in [-0.39, 0.29) is 11.2 Å². The van der Waals surface area contributed by atoms with Crippen molar-refractivity contribution in [2.45, 2.75) is 76.4 Å². The maximum atomic E-state index is 6.21. The van der Waals surface area contributed by atoms with Crippen molar-refractivity contribution in [3.05, 3.63) is 53.6 Å². The summed E-state index contributed by atoms with van der Waals surface area (Å²) in [6, 6.07) is 10.9. The topological polar surface area (TPSA) is 36.3 Å². The molecule has 1 saturated carbocycles. The van der Waals surface area contributed by atoms with Gasteiger partial charge in [-0.05, 0) is 68.6 Å². The van der Waals surface area contributed by atoms with Crippen LogP contribution in [0, 0.1) is 11.8 Å². The molecule has 1 aromatic heterocycles. The van der Waals surface area contributed by atoms with E-state index >= 15 is 0 Å². The molecule has 4 nitrogen and oxygen atoms in total. The first-order chi connectivity index (χ1) is 15.1. The van der Waals surface area contributed by atoms with Gasteiger partial charge in [-0.3, -0.25) is 4.57 Å². The summed E-state index contributed by atoms with van der Waals surface area (Å²) < 4.78 is 14.9. The van der Waals surface area contributed by atoms with Crippen LogP contribution in [0.2, 0.25) is 0 Å². The lowest BCUT2D eigenvalue weighted by molar-refractivity contribution is -0.234. The Labute approximate surface area is 185 Å². The zero-order chi connectivity index (χ0) is 21.1. The molecule has 0 N–H and O–H groups in total. The van der Waals surface area contributed by atoms with E-state index in [2.05, 4.69) is 54.8 Å². The number of hydrogen-bond donors (Lipinski definition) is 0. The van der Waals surface area contributed by atoms with Gasteiger partial charge in [0, 0.05) is 29.1 Å². The van der Waals surface area contributed by atoms with E-state index in [9.17, 15) is 0 Å². The van der Waals surface area contributed by atoms with Crippen LogP contribution in [-0.2, 0) is 21.3 Å². The van der Waals surface area contributed by atoms with Crippen molar-refractivity contribution >= 4 is 5.57 Å². The predicted molar refractivity (Wildman–Crippen MR) is 122 cm³/mol. The minimum absolute atomic E-state index is 0.0809. The minimum Gasteiger partial charge on any atom is -0.347 e. The summed E-state index contributed by atoms with van der Waals surface area (Å²) in [6.07, 6.45) is 11.6. The molecule has 2 heterocycles. The number of allylic oxidation sites excluding steroid dienone is 2. The van der Waals surface area contributed by atoms with Crippen LogP contribution in [-0.4, -0.2) is 28.6 Å². The van der Waals surface area contributed by atoms with Gasteiger partial charge >= 0.3 is 0 Å². The second kappa shape index (κ2) is 7.31. The molecule has 6 rings (SSSR count). The Hall–Kier alpha value is -1.91. The van der Waals surface area contributed by atoms with Crippen LogP contribution in [0.1, 0.15) is 76.0 Å². The van der Waals surface area contributed by atoms with Crippen LogP contribution < -0.4 is 0 Å². The quantitative estimate of drug-likeness (QED) is 0.616. The molecular weight excluding hydrogens is 384 g/mol. The van der Waals surface area contributed by atoms with Gasteiger partial charge in [-0.15, -0.1) is 0 Å². The summed E-state index contributed by atoms with van der Waals surface area (Å²) in [5.41, 5.74) is 5.55. The predicted octanol–water partition coefficient (Wildman–Crippen LogP) is 5.82. The lowest BCUT2D eigenvalue weighted by atomic mass is 9.55. The van der Waals surface area contributed by atoms with Crippen molar-refractivity contribution in [3.63, 3.8) is 0 Å². The highest BCUT2D eigenvalue weighted by atomic mass is 16.7. The number of rotatable bonds is 2. The number of para-hydroxylation sites is 1. The average Bonchev–Trinajstić information content (AvgIpc) is 3.45. The van der Waals surface area contributed by atoms with Crippen molar-refractivity contribution in [2.75, 3.05) is 13.2 Å². The van der Waals surface area contributed by atoms with Crippen molar-refractivity contribution in [2.24, 2.45) is 11.8 Å². The van der Waals surface area contributed by atoms with Gasteiger partial charge in [0.15, 0.2) is 5.79 Å². The third-order valence-electron chi connectivity index (χ3n) is 8.68. The maximum Gasteiger partial charge on any atom is 0.171 e. The largest absolute Gasteiger partial charge is 0.347 e. The third-order valence-corrected chi connectivity index (χ3v) is 8.68. The van der Waals surface area contributed by atoms with Crippen molar-refractivity contribution < 1.29 is 9.47 Å². The molecule has 1 aromatic carbocycles. The molecule has 1 saturated heterocycles. The molecule has 31 heavy (non-hydrogen) atoms. The standard InChI is InChI=1S/C27H34N2O2/c1-19-22-13-14-23-24(26(22,2)15-16-27(19)30-17-18-31-27)28-25(20-9-5-3-6-10-20)29(23)21-11-7-4-8-12-21/h4,7-9,11-12,19,22H,3,5-6,10,13-18H2,1-2H3/t19-,22-,26-/m1/s1. The Bertz CT molecular complexity index is 1000. The van der Waals surface area contributed by atoms with E-state index < -0.39 is 0 Å². The van der Waals surface area contributed by atoms with Crippen LogP contribution in [0.5, 0.6) is 0 Å². The molecular formula is C27H34N2O2. The van der Waals surface area contributed by atoms with Crippen LogP contribution >= 0.6 is 0 Å². The molecule has 3 atom stereocenters. The van der Waals surface area contributed by atoms with E-state index in [0.29, 0.717) is 11.8 Å². The molecule has 2 fully saturated rings. The van der Waals surface area contributed by atoms with Crippen molar-refractivity contribution in [3.8, 4) is 5.69 Å². The summed E-state index contributed by atoms with van der Waals surface area (Å²) in [7, 11) is 0. The van der Waals surface area contributed by atoms with Crippen LogP contribution in [0.4, 0.5) is 0 Å². The number of imidazole rings is 1. The fourth-order valence-corrected chi connectivity index (χ4v) is 6.99. The summed E-state index contributed by atoms with van der Waals surface area (Å²) in [5.74, 6) is 1.76. The number of hydrogen-bond acceptors (Lipinski definition) is 3. The average molecular weight is 419 g/mol. The fourth-order valence-electron chi connectivity index (χ4n) is 6.99. The smallest absolute Gasteiger partial charge is 0.171 e. The first-order valence-corrected chi connectivity index (χ1v) is 12.3. The van der Waals surface area contributed by atoms with Gasteiger partial charge in [-0.25, -0.2) is 4.98 Å². The molecule has 4 aliphatic rings. The van der Waals surface area contributed by atoms with E-state index in [1.54, 1.807) is 0 Å². The van der Waals surface area contributed by atoms with E-state index in [1.165, 1.54) is 54.2 Å². The summed E-state index contributed by atoms with van der Waals surface area (Å²) in [4.78, 5) is 5.47. The molecule has 3 aliphatic carbocycles. The number of fused-ring (bicyclic) bond motifs is 3. The van der Waals surface area contributed by atoms with E-state index in [1.807, 2.05) is 0 Å². The summed E-state index contributed by atoms with van der Waals surface area (Å²) in [5, 5.41) is 0. The monoisotopic (exact) mass is 418 g/mol. The Kier molecular flexibility index (Phi) is 4.66. The SMILES string of the molecule is C[C@@H]1[C@H]2CCc3c(nc(C4=CCCCC4)n3-c3ccccc3)[C@]2(C)CCC12OCCO2. The molecule has 1 aliphatic heterocycles. The molecule has 0 bridgehead atoms. The molecule has 0 amide bonds. The molecule has 2 aromatic rings. The number of aromatic nitrogens is 2. The molecule has 4 heteroatoms. The highest BCUT2D eigenvalue weighted by molar-refractivity contribution is 5.64. The minimum atomic E-state index is -0.363. The Morgan fingerprint density at radius 3 is 2.58 bits per heavy atom. The Morgan fingerprint density at radius 1 is 1.03 bits per heavy atom. The normalized spacial score (nSPS) is 31.9. The van der Waals surface area contributed by atoms with E-state index in [4.69, 9.17) is 14.5 Å². The number of benzene rings is 1. The molecule has 0 radical (unpaired) electrons. The molecule has 1 spiro atoms. The maximum absolute atomic E-state index is 6.21. The van der Waals surface area contributed by atoms with Gasteiger partial charge < -0.3 is 9.47 Å². The summed E-state index contributed by atoms with van der Waals surface area (Å²) in [6.45, 7) is 6.30. The van der Waals surface area contributed by atoms with Gasteiger partial charge in [-0.2, -0.15) is 0 Å². The highest BCUT2D eigenvalue weighted by Gasteiger charge is 2.58. The lowest BCUT2D eigenvalue weighted by Gasteiger charge is -2.53. The zero-order valence-corrected chi connectivity index (χ0v) is 18.9. The van der Waals surface area contributed by atoms with Crippen molar-refractivity contribution in [1.29, 1.82) is 0 Å². The number of ether oxygens (including phenoxy) is 2. The van der Waals surface area contributed by atoms with E-state index in [0.717, 1.165) is 38.9 Å². The second-order valence-corrected chi connectivity index (χ2v) is 10.2. The number of nitrogens with zero attached hydrogens (tertiary/aromatic N) is 2. The van der Waals surface area contributed by atoms with Gasteiger partial charge in [0.1, 0.15) is 5.82 Å². The zero-order valence-electron chi connectivity index (χ0n) is 18.9.